The zero-order valence-electron chi connectivity index (χ0n) is 18.9. The molecular formula is C22H26N4O5S2. The third-order valence-corrected chi connectivity index (χ3v) is 6.24. The van der Waals surface area contributed by atoms with Gasteiger partial charge in [0.05, 0.1) is 23.7 Å². The maximum Gasteiger partial charge on any atom is 0.300 e. The molecule has 0 aliphatic carbocycles. The number of aliphatic carboxylic acids is 1. The Kier molecular flexibility index (Phi) is 7.88. The number of ether oxygens (including phenoxy) is 1. The van der Waals surface area contributed by atoms with Crippen molar-refractivity contribution in [3.8, 4) is 0 Å². The van der Waals surface area contributed by atoms with E-state index in [0.29, 0.717) is 52.6 Å². The number of morpholine rings is 1. The summed E-state index contributed by atoms with van der Waals surface area (Å²) in [5.74, 6) is -0.423. The quantitative estimate of drug-likeness (QED) is 0.513. The van der Waals surface area contributed by atoms with Gasteiger partial charge in [-0.25, -0.2) is 4.98 Å². The monoisotopic (exact) mass is 490 g/mol. The molecule has 0 radical (unpaired) electrons. The van der Waals surface area contributed by atoms with E-state index in [9.17, 15) is 9.59 Å². The highest BCUT2D eigenvalue weighted by atomic mass is 32.2. The van der Waals surface area contributed by atoms with Crippen LogP contribution in [-0.4, -0.2) is 67.9 Å². The van der Waals surface area contributed by atoms with Crippen molar-refractivity contribution in [2.24, 2.45) is 0 Å². The first-order valence-corrected chi connectivity index (χ1v) is 11.6. The second kappa shape index (κ2) is 10.4. The molecule has 33 heavy (non-hydrogen) atoms. The smallest absolute Gasteiger partial charge is 0.300 e. The van der Waals surface area contributed by atoms with Crippen LogP contribution in [-0.2, 0) is 14.3 Å². The molecule has 0 aromatic carbocycles. The molecule has 1 N–H and O–H groups in total. The van der Waals surface area contributed by atoms with Crippen LogP contribution in [0.1, 0.15) is 31.9 Å². The maximum atomic E-state index is 13.4. The SMILES string of the molecule is CC(=O)O.Cc1ccc2nc(N3CCOCC3)c(/C=C3\SC(=S)N(C(C)C)C3=O)c(=O)n2c1. The number of rotatable bonds is 3. The number of anilines is 1. The standard InChI is InChI=1S/C20H22N4O3S2.C2H4O2/c1-12(2)24-19(26)15(29-20(24)28)10-14-17(22-6-8-27-9-7-22)21-16-5-4-13(3)11-23(16)18(14)25;1-2(3)4/h4-5,10-12H,6-9H2,1-3H3;1H3,(H,3,4)/b15-10-;. The fourth-order valence-electron chi connectivity index (χ4n) is 3.45. The van der Waals surface area contributed by atoms with Crippen LogP contribution in [0.3, 0.4) is 0 Å². The number of hydrogen-bond acceptors (Lipinski definition) is 8. The normalized spacial score (nSPS) is 17.7. The zero-order chi connectivity index (χ0) is 24.3. The lowest BCUT2D eigenvalue weighted by Crippen LogP contribution is -2.38. The Morgan fingerprint density at radius 3 is 2.48 bits per heavy atom. The summed E-state index contributed by atoms with van der Waals surface area (Å²) >= 11 is 6.60. The Labute approximate surface area is 201 Å². The van der Waals surface area contributed by atoms with Gasteiger partial charge in [-0.3, -0.25) is 23.7 Å². The van der Waals surface area contributed by atoms with Crippen molar-refractivity contribution in [1.29, 1.82) is 0 Å². The molecule has 0 unspecified atom stereocenters. The van der Waals surface area contributed by atoms with Crippen LogP contribution in [0, 0.1) is 6.92 Å². The van der Waals surface area contributed by atoms with E-state index < -0.39 is 5.97 Å². The second-order valence-electron chi connectivity index (χ2n) is 7.85. The third kappa shape index (κ3) is 5.60. The van der Waals surface area contributed by atoms with Gasteiger partial charge in [-0.15, -0.1) is 0 Å². The number of hydrogen-bond donors (Lipinski definition) is 1. The van der Waals surface area contributed by atoms with Crippen LogP contribution in [0.2, 0.25) is 0 Å². The molecule has 2 aliphatic heterocycles. The second-order valence-corrected chi connectivity index (χ2v) is 9.53. The Balaban J connectivity index is 0.000000709. The Morgan fingerprint density at radius 1 is 1.27 bits per heavy atom. The summed E-state index contributed by atoms with van der Waals surface area (Å²) in [5.41, 5.74) is 1.74. The van der Waals surface area contributed by atoms with Crippen LogP contribution < -0.4 is 10.5 Å². The number of thiocarbonyl (C=S) groups is 1. The Morgan fingerprint density at radius 2 is 1.91 bits per heavy atom. The number of fused-ring (bicyclic) bond motifs is 1. The number of amides is 1. The van der Waals surface area contributed by atoms with Crippen LogP contribution in [0.15, 0.2) is 28.0 Å². The van der Waals surface area contributed by atoms with E-state index in [4.69, 9.17) is 31.8 Å². The minimum absolute atomic E-state index is 0.0365. The highest BCUT2D eigenvalue weighted by Crippen LogP contribution is 2.34. The molecule has 0 spiro atoms. The van der Waals surface area contributed by atoms with Gasteiger partial charge >= 0.3 is 0 Å². The van der Waals surface area contributed by atoms with Gasteiger partial charge in [0.25, 0.3) is 17.4 Å². The summed E-state index contributed by atoms with van der Waals surface area (Å²) < 4.78 is 7.49. The lowest BCUT2D eigenvalue weighted by molar-refractivity contribution is -0.134. The molecule has 4 heterocycles. The summed E-state index contributed by atoms with van der Waals surface area (Å²) in [5, 5.41) is 7.42. The van der Waals surface area contributed by atoms with E-state index in [1.807, 2.05) is 37.8 Å². The number of nitrogens with zero attached hydrogens (tertiary/aromatic N) is 4. The summed E-state index contributed by atoms with van der Waals surface area (Å²) in [6.07, 6.45) is 3.42. The average molecular weight is 491 g/mol. The average Bonchev–Trinajstić information content (AvgIpc) is 3.03. The number of carbonyl (C=O) groups excluding carboxylic acids is 1. The number of carboxylic acids is 1. The lowest BCUT2D eigenvalue weighted by atomic mass is 10.2. The molecule has 2 fully saturated rings. The van der Waals surface area contributed by atoms with Crippen molar-refractivity contribution in [1.82, 2.24) is 14.3 Å². The summed E-state index contributed by atoms with van der Waals surface area (Å²) in [4.78, 5) is 44.1. The van der Waals surface area contributed by atoms with Crippen molar-refractivity contribution in [3.05, 3.63) is 44.7 Å². The van der Waals surface area contributed by atoms with Crippen molar-refractivity contribution >= 4 is 57.7 Å². The minimum Gasteiger partial charge on any atom is -0.481 e. The molecule has 2 aromatic rings. The topological polar surface area (TPSA) is 104 Å². The molecule has 4 rings (SSSR count). The molecule has 9 nitrogen and oxygen atoms in total. The number of aromatic nitrogens is 2. The molecule has 176 valence electrons. The number of pyridine rings is 1. The highest BCUT2D eigenvalue weighted by Gasteiger charge is 2.34. The zero-order valence-corrected chi connectivity index (χ0v) is 20.5. The molecule has 2 aromatic heterocycles. The summed E-state index contributed by atoms with van der Waals surface area (Å²) in [7, 11) is 0. The first kappa shape index (κ1) is 24.9. The van der Waals surface area contributed by atoms with E-state index in [1.54, 1.807) is 17.2 Å². The van der Waals surface area contributed by atoms with Gasteiger partial charge in [0.2, 0.25) is 0 Å². The van der Waals surface area contributed by atoms with Gasteiger partial charge in [-0.1, -0.05) is 30.0 Å². The molecule has 1 amide bonds. The van der Waals surface area contributed by atoms with Crippen LogP contribution in [0.5, 0.6) is 0 Å². The van der Waals surface area contributed by atoms with E-state index >= 15 is 0 Å². The molecule has 2 saturated heterocycles. The van der Waals surface area contributed by atoms with Crippen LogP contribution in [0.4, 0.5) is 5.82 Å². The van der Waals surface area contributed by atoms with Gasteiger partial charge in [0.1, 0.15) is 15.8 Å². The van der Waals surface area contributed by atoms with Crippen molar-refractivity contribution in [2.75, 3.05) is 31.2 Å². The predicted molar refractivity (Wildman–Crippen MR) is 133 cm³/mol. The first-order chi connectivity index (χ1) is 15.6. The van der Waals surface area contributed by atoms with Crippen molar-refractivity contribution < 1.29 is 19.4 Å². The van der Waals surface area contributed by atoms with Gasteiger partial charge in [-0.2, -0.15) is 0 Å². The van der Waals surface area contributed by atoms with E-state index in [1.165, 1.54) is 16.2 Å². The number of carbonyl (C=O) groups is 2. The number of aryl methyl sites for hydroxylation is 1. The minimum atomic E-state index is -0.833. The lowest BCUT2D eigenvalue weighted by Gasteiger charge is -2.29. The molecule has 11 heteroatoms. The maximum absolute atomic E-state index is 13.4. The van der Waals surface area contributed by atoms with E-state index in [0.717, 1.165) is 12.5 Å². The van der Waals surface area contributed by atoms with Gasteiger partial charge in [-0.05, 0) is 38.5 Å². The molecular weight excluding hydrogens is 464 g/mol. The van der Waals surface area contributed by atoms with Crippen molar-refractivity contribution in [3.63, 3.8) is 0 Å². The van der Waals surface area contributed by atoms with Crippen LogP contribution in [0.25, 0.3) is 11.7 Å². The first-order valence-electron chi connectivity index (χ1n) is 10.4. The summed E-state index contributed by atoms with van der Waals surface area (Å²) in [6.45, 7) is 9.28. The molecule has 0 atom stereocenters. The fraction of sp³-hybridized carbons (Fsp3) is 0.409. The summed E-state index contributed by atoms with van der Waals surface area (Å²) in [6, 6.07) is 3.73. The Hall–Kier alpha value is -2.76. The van der Waals surface area contributed by atoms with E-state index in [2.05, 4.69) is 0 Å². The number of carboxylic acid groups (broad SMARTS) is 1. The van der Waals surface area contributed by atoms with Crippen molar-refractivity contribution in [2.45, 2.75) is 33.7 Å². The fourth-order valence-corrected chi connectivity index (χ4v) is 4.95. The third-order valence-electron chi connectivity index (χ3n) is 4.91. The molecule has 2 aliphatic rings. The Bertz CT molecular complexity index is 1180. The number of thioether (sulfide) groups is 1. The predicted octanol–water partition coefficient (Wildman–Crippen LogP) is 2.54. The largest absolute Gasteiger partial charge is 0.481 e. The highest BCUT2D eigenvalue weighted by molar-refractivity contribution is 8.26. The molecule has 0 bridgehead atoms. The van der Waals surface area contributed by atoms with E-state index in [-0.39, 0.29) is 17.5 Å². The van der Waals surface area contributed by atoms with Gasteiger partial charge in [0, 0.05) is 32.3 Å². The van der Waals surface area contributed by atoms with Gasteiger partial charge < -0.3 is 14.7 Å². The van der Waals surface area contributed by atoms with Crippen LogP contribution >= 0.6 is 24.0 Å². The molecule has 0 saturated carbocycles. The van der Waals surface area contributed by atoms with Gasteiger partial charge in [0.15, 0.2) is 0 Å².